The lowest BCUT2D eigenvalue weighted by Crippen LogP contribution is -2.36. The lowest BCUT2D eigenvalue weighted by atomic mass is 9.88. The lowest BCUT2D eigenvalue weighted by Gasteiger charge is -2.22. The van der Waals surface area contributed by atoms with Gasteiger partial charge in [-0.3, -0.25) is 14.9 Å². The van der Waals surface area contributed by atoms with Crippen molar-refractivity contribution in [1.82, 2.24) is 4.98 Å². The molecule has 1 rings (SSSR count). The molecule has 0 aliphatic heterocycles. The third-order valence-electron chi connectivity index (χ3n) is 3.13. The molecule has 7 heteroatoms. The van der Waals surface area contributed by atoms with Crippen LogP contribution in [-0.4, -0.2) is 21.9 Å². The molecular formula is C14H22N4O3. The Balaban J connectivity index is 2.82. The Morgan fingerprint density at radius 2 is 2.14 bits per heavy atom. The van der Waals surface area contributed by atoms with E-state index in [9.17, 15) is 14.9 Å². The smallest absolute Gasteiger partial charge is 0.290 e. The average Bonchev–Trinajstić information content (AvgIpc) is 2.32. The van der Waals surface area contributed by atoms with Crippen LogP contribution < -0.4 is 11.1 Å². The molecule has 0 fully saturated rings. The van der Waals surface area contributed by atoms with Crippen LogP contribution in [0.5, 0.6) is 0 Å². The normalized spacial score (nSPS) is 12.8. The van der Waals surface area contributed by atoms with Crippen molar-refractivity contribution in [2.45, 2.75) is 46.6 Å². The minimum atomic E-state index is -0.544. The molecular weight excluding hydrogens is 272 g/mol. The number of hydrogen-bond acceptors (Lipinski definition) is 5. The topological polar surface area (TPSA) is 111 Å². The monoisotopic (exact) mass is 294 g/mol. The van der Waals surface area contributed by atoms with Crippen molar-refractivity contribution in [3.05, 3.63) is 27.9 Å². The van der Waals surface area contributed by atoms with Crippen LogP contribution in [0.15, 0.2) is 12.3 Å². The zero-order valence-corrected chi connectivity index (χ0v) is 12.8. The van der Waals surface area contributed by atoms with E-state index in [4.69, 9.17) is 5.73 Å². The van der Waals surface area contributed by atoms with Crippen LogP contribution >= 0.6 is 0 Å². The van der Waals surface area contributed by atoms with Gasteiger partial charge in [-0.05, 0) is 31.2 Å². The van der Waals surface area contributed by atoms with Gasteiger partial charge in [0.2, 0.25) is 5.91 Å². The first-order valence-electron chi connectivity index (χ1n) is 6.77. The van der Waals surface area contributed by atoms with Gasteiger partial charge in [0.1, 0.15) is 18.1 Å². The Morgan fingerprint density at radius 1 is 1.52 bits per heavy atom. The number of hydrogen-bond donors (Lipinski definition) is 2. The number of nitro groups is 1. The second kappa shape index (κ2) is 6.51. The molecule has 0 aromatic carbocycles. The molecule has 7 nitrogen and oxygen atoms in total. The number of nitrogens with zero attached hydrogens (tertiary/aromatic N) is 2. The summed E-state index contributed by atoms with van der Waals surface area (Å²) in [6.07, 6.45) is 2.58. The molecule has 116 valence electrons. The second-order valence-corrected chi connectivity index (χ2v) is 6.31. The Kier molecular flexibility index (Phi) is 5.23. The third kappa shape index (κ3) is 5.37. The molecule has 1 aromatic heterocycles. The molecule has 3 N–H and O–H groups in total. The van der Waals surface area contributed by atoms with Crippen molar-refractivity contribution >= 4 is 17.4 Å². The Bertz CT molecular complexity index is 538. The highest BCUT2D eigenvalue weighted by Crippen LogP contribution is 2.24. The molecule has 0 bridgehead atoms. The summed E-state index contributed by atoms with van der Waals surface area (Å²) in [6.45, 7) is 7.87. The molecule has 0 spiro atoms. The number of aryl methyl sites for hydroxylation is 1. The van der Waals surface area contributed by atoms with E-state index in [1.807, 2.05) is 0 Å². The van der Waals surface area contributed by atoms with Gasteiger partial charge in [0.25, 0.3) is 5.69 Å². The van der Waals surface area contributed by atoms with E-state index in [1.54, 1.807) is 13.0 Å². The highest BCUT2D eigenvalue weighted by atomic mass is 16.6. The maximum absolute atomic E-state index is 11.5. The number of anilines is 1. The lowest BCUT2D eigenvalue weighted by molar-refractivity contribution is -0.385. The summed E-state index contributed by atoms with van der Waals surface area (Å²) in [4.78, 5) is 25.7. The average molecular weight is 294 g/mol. The standard InChI is InChI=1S/C14H22N4O3/c1-9-7-12(16-8-11(9)18(20)21)17-10(13(15)19)5-6-14(2,3)4/h7-8,10H,5-6H2,1-4H3,(H2,15,19)(H,16,17)/t10-/m1/s1. The fraction of sp³-hybridized carbons (Fsp3) is 0.571. The van der Waals surface area contributed by atoms with E-state index < -0.39 is 16.9 Å². The van der Waals surface area contributed by atoms with E-state index in [-0.39, 0.29) is 11.1 Å². The molecule has 1 atom stereocenters. The number of pyridine rings is 1. The first-order valence-corrected chi connectivity index (χ1v) is 6.77. The van der Waals surface area contributed by atoms with Crippen LogP contribution in [0.25, 0.3) is 0 Å². The zero-order valence-electron chi connectivity index (χ0n) is 12.8. The summed E-state index contributed by atoms with van der Waals surface area (Å²) < 4.78 is 0. The van der Waals surface area contributed by atoms with Crippen molar-refractivity contribution in [2.75, 3.05) is 5.32 Å². The van der Waals surface area contributed by atoms with Crippen LogP contribution in [0.3, 0.4) is 0 Å². The minimum Gasteiger partial charge on any atom is -0.368 e. The van der Waals surface area contributed by atoms with Crippen LogP contribution in [0.1, 0.15) is 39.2 Å². The van der Waals surface area contributed by atoms with Gasteiger partial charge in [-0.15, -0.1) is 0 Å². The molecule has 0 unspecified atom stereocenters. The number of nitrogens with one attached hydrogen (secondary N) is 1. The Labute approximate surface area is 124 Å². The van der Waals surface area contributed by atoms with Gasteiger partial charge in [-0.25, -0.2) is 4.98 Å². The molecule has 1 aromatic rings. The van der Waals surface area contributed by atoms with Gasteiger partial charge in [0, 0.05) is 5.56 Å². The molecule has 1 heterocycles. The van der Waals surface area contributed by atoms with Gasteiger partial charge in [0.15, 0.2) is 0 Å². The summed E-state index contributed by atoms with van der Waals surface area (Å²) >= 11 is 0. The van der Waals surface area contributed by atoms with Crippen LogP contribution in [0.2, 0.25) is 0 Å². The van der Waals surface area contributed by atoms with Gasteiger partial charge in [0.05, 0.1) is 4.92 Å². The number of rotatable bonds is 6. The molecule has 0 radical (unpaired) electrons. The fourth-order valence-electron chi connectivity index (χ4n) is 1.86. The van der Waals surface area contributed by atoms with E-state index in [0.29, 0.717) is 17.8 Å². The number of carbonyl (C=O) groups is 1. The summed E-state index contributed by atoms with van der Waals surface area (Å²) in [5, 5.41) is 13.7. The van der Waals surface area contributed by atoms with Crippen molar-refractivity contribution in [3.8, 4) is 0 Å². The van der Waals surface area contributed by atoms with E-state index in [1.165, 1.54) is 6.20 Å². The third-order valence-corrected chi connectivity index (χ3v) is 3.13. The predicted molar refractivity (Wildman–Crippen MR) is 80.9 cm³/mol. The maximum atomic E-state index is 11.5. The summed E-state index contributed by atoms with van der Waals surface area (Å²) in [5.74, 6) is -0.0483. The van der Waals surface area contributed by atoms with Gasteiger partial charge in [-0.2, -0.15) is 0 Å². The zero-order chi connectivity index (χ0) is 16.2. The highest BCUT2D eigenvalue weighted by molar-refractivity contribution is 5.82. The van der Waals surface area contributed by atoms with Crippen LogP contribution in [-0.2, 0) is 4.79 Å². The van der Waals surface area contributed by atoms with Gasteiger partial charge >= 0.3 is 0 Å². The quantitative estimate of drug-likeness (QED) is 0.618. The molecule has 0 saturated carbocycles. The first-order chi connectivity index (χ1) is 9.60. The molecule has 0 aliphatic rings. The SMILES string of the molecule is Cc1cc(N[C@H](CCC(C)(C)C)C(N)=O)ncc1[N+](=O)[O-]. The summed E-state index contributed by atoms with van der Waals surface area (Å²) in [5.41, 5.74) is 5.92. The van der Waals surface area contributed by atoms with E-state index >= 15 is 0 Å². The number of primary amides is 1. The Hall–Kier alpha value is -2.18. The van der Waals surface area contributed by atoms with Crippen LogP contribution in [0, 0.1) is 22.5 Å². The number of carbonyl (C=O) groups excluding carboxylic acids is 1. The van der Waals surface area contributed by atoms with Gasteiger partial charge < -0.3 is 11.1 Å². The molecule has 1 amide bonds. The molecule has 21 heavy (non-hydrogen) atoms. The van der Waals surface area contributed by atoms with Crippen molar-refractivity contribution in [3.63, 3.8) is 0 Å². The highest BCUT2D eigenvalue weighted by Gasteiger charge is 2.20. The predicted octanol–water partition coefficient (Wildman–Crippen LogP) is 2.39. The number of amides is 1. The Morgan fingerprint density at radius 3 is 2.57 bits per heavy atom. The maximum Gasteiger partial charge on any atom is 0.290 e. The minimum absolute atomic E-state index is 0.0501. The van der Waals surface area contributed by atoms with E-state index in [0.717, 1.165) is 6.42 Å². The first kappa shape index (κ1) is 16.9. The summed E-state index contributed by atoms with van der Waals surface area (Å²) in [6, 6.07) is 1.00. The summed E-state index contributed by atoms with van der Waals surface area (Å²) in [7, 11) is 0. The van der Waals surface area contributed by atoms with Crippen LogP contribution in [0.4, 0.5) is 11.5 Å². The number of aromatic nitrogens is 1. The number of nitrogens with two attached hydrogens (primary N) is 1. The largest absolute Gasteiger partial charge is 0.368 e. The second-order valence-electron chi connectivity index (χ2n) is 6.31. The molecule has 0 aliphatic carbocycles. The van der Waals surface area contributed by atoms with Crippen molar-refractivity contribution in [2.24, 2.45) is 11.1 Å². The van der Waals surface area contributed by atoms with Gasteiger partial charge in [-0.1, -0.05) is 20.8 Å². The van der Waals surface area contributed by atoms with E-state index in [2.05, 4.69) is 31.1 Å². The van der Waals surface area contributed by atoms with Crippen molar-refractivity contribution in [1.29, 1.82) is 0 Å². The fourth-order valence-corrected chi connectivity index (χ4v) is 1.86. The van der Waals surface area contributed by atoms with Crippen molar-refractivity contribution < 1.29 is 9.72 Å². The molecule has 0 saturated heterocycles.